The number of carboxylic acid groups (broad SMARTS) is 1. The summed E-state index contributed by atoms with van der Waals surface area (Å²) in [6.45, 7) is 1.42. The van der Waals surface area contributed by atoms with E-state index in [1.165, 1.54) is 13.0 Å². The van der Waals surface area contributed by atoms with Crippen molar-refractivity contribution in [2.75, 3.05) is 5.73 Å². The molecule has 1 heterocycles. The molecule has 0 aliphatic carbocycles. The van der Waals surface area contributed by atoms with Gasteiger partial charge in [-0.15, -0.1) is 0 Å². The Morgan fingerprint density at radius 3 is 2.44 bits per heavy atom. The molecule has 1 unspecified atom stereocenters. The lowest BCUT2D eigenvalue weighted by Gasteiger charge is -1.95. The zero-order valence-electron chi connectivity index (χ0n) is 9.79. The van der Waals surface area contributed by atoms with Gasteiger partial charge >= 0.3 is 11.6 Å². The molecule has 2 rings (SSSR count). The van der Waals surface area contributed by atoms with Gasteiger partial charge < -0.3 is 21.0 Å². The van der Waals surface area contributed by atoms with Crippen LogP contribution in [0.1, 0.15) is 6.92 Å². The summed E-state index contributed by atoms with van der Waals surface area (Å²) in [7, 11) is 0. The van der Waals surface area contributed by atoms with Gasteiger partial charge in [0.1, 0.15) is 11.6 Å². The lowest BCUT2D eigenvalue weighted by Crippen LogP contribution is -2.25. The highest BCUT2D eigenvalue weighted by Crippen LogP contribution is 2.14. The molecular formula is C12H14N2O4. The second-order valence-electron chi connectivity index (χ2n) is 3.68. The fourth-order valence-corrected chi connectivity index (χ4v) is 1.08. The second kappa shape index (κ2) is 5.83. The maximum Gasteiger partial charge on any atom is 0.336 e. The Labute approximate surface area is 103 Å². The topological polar surface area (TPSA) is 120 Å². The van der Waals surface area contributed by atoms with Gasteiger partial charge in [-0.3, -0.25) is 4.79 Å². The highest BCUT2D eigenvalue weighted by molar-refractivity contribution is 5.79. The van der Waals surface area contributed by atoms with Crippen molar-refractivity contribution in [3.63, 3.8) is 0 Å². The monoisotopic (exact) mass is 250 g/mol. The highest BCUT2D eigenvalue weighted by atomic mass is 16.4. The maximum absolute atomic E-state index is 10.8. The average Bonchev–Trinajstić information content (AvgIpc) is 2.29. The van der Waals surface area contributed by atoms with Gasteiger partial charge in [-0.25, -0.2) is 4.79 Å². The first-order valence-corrected chi connectivity index (χ1v) is 5.18. The zero-order chi connectivity index (χ0) is 13.7. The van der Waals surface area contributed by atoms with Gasteiger partial charge in [0.15, 0.2) is 0 Å². The van der Waals surface area contributed by atoms with Gasteiger partial charge in [0.25, 0.3) is 0 Å². The molecule has 18 heavy (non-hydrogen) atoms. The predicted molar refractivity (Wildman–Crippen MR) is 68.2 cm³/mol. The summed E-state index contributed by atoms with van der Waals surface area (Å²) in [4.78, 5) is 20.4. The molecule has 0 fully saturated rings. The van der Waals surface area contributed by atoms with Gasteiger partial charge in [0, 0.05) is 23.2 Å². The van der Waals surface area contributed by atoms with Crippen LogP contribution in [0.15, 0.2) is 39.5 Å². The Bertz CT molecular complexity index is 604. The van der Waals surface area contributed by atoms with E-state index in [1.807, 2.05) is 6.07 Å². The minimum atomic E-state index is -0.963. The van der Waals surface area contributed by atoms with E-state index >= 15 is 0 Å². The quantitative estimate of drug-likeness (QED) is 0.508. The van der Waals surface area contributed by atoms with E-state index in [-0.39, 0.29) is 5.63 Å². The number of rotatable bonds is 1. The molecule has 0 aliphatic heterocycles. The summed E-state index contributed by atoms with van der Waals surface area (Å²) in [5.74, 6) is -0.963. The van der Waals surface area contributed by atoms with Gasteiger partial charge in [-0.1, -0.05) is 0 Å². The van der Waals surface area contributed by atoms with Crippen molar-refractivity contribution >= 4 is 22.6 Å². The SMILES string of the molecule is CC(N)C(=O)O.Nc1ccc2ccc(=O)oc2c1. The van der Waals surface area contributed by atoms with Crippen LogP contribution >= 0.6 is 0 Å². The Morgan fingerprint density at radius 2 is 1.89 bits per heavy atom. The number of nitrogen functional groups attached to an aromatic ring is 1. The number of hydrogen-bond acceptors (Lipinski definition) is 5. The molecule has 1 aromatic heterocycles. The number of carbonyl (C=O) groups is 1. The predicted octanol–water partition coefficient (Wildman–Crippen LogP) is 0.793. The normalized spacial score (nSPS) is 11.4. The van der Waals surface area contributed by atoms with Crippen LogP contribution in [0.3, 0.4) is 0 Å². The van der Waals surface area contributed by atoms with Crippen molar-refractivity contribution in [3.8, 4) is 0 Å². The van der Waals surface area contributed by atoms with Crippen LogP contribution in [-0.4, -0.2) is 17.1 Å². The highest BCUT2D eigenvalue weighted by Gasteiger charge is 1.99. The summed E-state index contributed by atoms with van der Waals surface area (Å²) in [5, 5.41) is 8.74. The number of benzene rings is 1. The smallest absolute Gasteiger partial charge is 0.336 e. The molecule has 0 radical (unpaired) electrons. The number of anilines is 1. The molecule has 1 aromatic carbocycles. The molecule has 0 amide bonds. The van der Waals surface area contributed by atoms with E-state index in [9.17, 15) is 9.59 Å². The van der Waals surface area contributed by atoms with E-state index in [1.54, 1.807) is 18.2 Å². The number of carboxylic acids is 1. The van der Waals surface area contributed by atoms with Crippen LogP contribution in [0, 0.1) is 0 Å². The summed E-state index contributed by atoms with van der Waals surface area (Å²) in [6.07, 6.45) is 0. The molecule has 6 heteroatoms. The van der Waals surface area contributed by atoms with E-state index in [2.05, 4.69) is 0 Å². The van der Waals surface area contributed by atoms with Gasteiger partial charge in [-0.05, 0) is 25.1 Å². The number of fused-ring (bicyclic) bond motifs is 1. The first kappa shape index (κ1) is 13.7. The molecule has 0 saturated heterocycles. The summed E-state index contributed by atoms with van der Waals surface area (Å²) in [6, 6.07) is 7.58. The fourth-order valence-electron chi connectivity index (χ4n) is 1.08. The van der Waals surface area contributed by atoms with Crippen LogP contribution in [0.25, 0.3) is 11.0 Å². The third-order valence-electron chi connectivity index (χ3n) is 2.04. The van der Waals surface area contributed by atoms with Gasteiger partial charge in [0.2, 0.25) is 0 Å². The first-order chi connectivity index (χ1) is 8.40. The third kappa shape index (κ3) is 3.91. The molecule has 0 spiro atoms. The van der Waals surface area contributed by atoms with Crippen molar-refractivity contribution in [2.24, 2.45) is 5.73 Å². The second-order valence-corrected chi connectivity index (χ2v) is 3.68. The Balaban J connectivity index is 0.000000232. The minimum Gasteiger partial charge on any atom is -0.480 e. The minimum absolute atomic E-state index is 0.354. The van der Waals surface area contributed by atoms with Crippen LogP contribution in [0.2, 0.25) is 0 Å². The van der Waals surface area contributed by atoms with Crippen LogP contribution in [0.4, 0.5) is 5.69 Å². The first-order valence-electron chi connectivity index (χ1n) is 5.18. The van der Waals surface area contributed by atoms with Crippen molar-refractivity contribution in [2.45, 2.75) is 13.0 Å². The fraction of sp³-hybridized carbons (Fsp3) is 0.167. The standard InChI is InChI=1S/C9H7NO2.C3H7NO2/c10-7-3-1-6-2-4-9(11)12-8(6)5-7;1-2(4)3(5)6/h1-5H,10H2;2H,4H2,1H3,(H,5,6). The average molecular weight is 250 g/mol. The van der Waals surface area contributed by atoms with E-state index < -0.39 is 12.0 Å². The summed E-state index contributed by atoms with van der Waals surface area (Å²) < 4.78 is 4.91. The van der Waals surface area contributed by atoms with E-state index in [0.29, 0.717) is 11.3 Å². The van der Waals surface area contributed by atoms with Gasteiger partial charge in [0.05, 0.1) is 0 Å². The molecule has 0 aliphatic rings. The van der Waals surface area contributed by atoms with Crippen molar-refractivity contribution in [3.05, 3.63) is 40.8 Å². The molecule has 0 saturated carbocycles. The van der Waals surface area contributed by atoms with Crippen molar-refractivity contribution in [1.29, 1.82) is 0 Å². The molecule has 1 atom stereocenters. The molecule has 2 aromatic rings. The lowest BCUT2D eigenvalue weighted by molar-refractivity contribution is -0.138. The Hall–Kier alpha value is -2.34. The van der Waals surface area contributed by atoms with Crippen molar-refractivity contribution < 1.29 is 14.3 Å². The molecule has 5 N–H and O–H groups in total. The van der Waals surface area contributed by atoms with Crippen LogP contribution < -0.4 is 17.1 Å². The van der Waals surface area contributed by atoms with Gasteiger partial charge in [-0.2, -0.15) is 0 Å². The number of nitrogens with two attached hydrogens (primary N) is 2. The molecule has 0 bridgehead atoms. The maximum atomic E-state index is 10.8. The van der Waals surface area contributed by atoms with E-state index in [4.69, 9.17) is 21.0 Å². The Kier molecular flexibility index (Phi) is 4.45. The number of hydrogen-bond donors (Lipinski definition) is 3. The van der Waals surface area contributed by atoms with Crippen LogP contribution in [0.5, 0.6) is 0 Å². The Morgan fingerprint density at radius 1 is 1.33 bits per heavy atom. The molecule has 6 nitrogen and oxygen atoms in total. The third-order valence-corrected chi connectivity index (χ3v) is 2.04. The molecular weight excluding hydrogens is 236 g/mol. The lowest BCUT2D eigenvalue weighted by atomic mass is 10.2. The summed E-state index contributed by atoms with van der Waals surface area (Å²) in [5.41, 5.74) is 11.1. The van der Waals surface area contributed by atoms with Crippen LogP contribution in [-0.2, 0) is 4.79 Å². The number of aliphatic carboxylic acids is 1. The summed E-state index contributed by atoms with van der Waals surface area (Å²) >= 11 is 0. The molecule has 96 valence electrons. The van der Waals surface area contributed by atoms with E-state index in [0.717, 1.165) is 5.39 Å². The zero-order valence-corrected chi connectivity index (χ0v) is 9.79. The largest absolute Gasteiger partial charge is 0.480 e. The van der Waals surface area contributed by atoms with Crippen molar-refractivity contribution in [1.82, 2.24) is 0 Å².